The second-order valence-electron chi connectivity index (χ2n) is 5.31. The SMILES string of the molecule is O=C(Cn1nc(-c2ccco2)ccc1=O)Nc1ccc2c(c1)OCO2. The summed E-state index contributed by atoms with van der Waals surface area (Å²) in [7, 11) is 0. The number of aromatic nitrogens is 2. The lowest BCUT2D eigenvalue weighted by molar-refractivity contribution is -0.117. The molecule has 1 aliphatic heterocycles. The number of rotatable bonds is 4. The van der Waals surface area contributed by atoms with E-state index in [1.54, 1.807) is 36.4 Å². The molecule has 0 unspecified atom stereocenters. The highest BCUT2D eigenvalue weighted by atomic mass is 16.7. The van der Waals surface area contributed by atoms with Crippen molar-refractivity contribution in [3.8, 4) is 23.0 Å². The van der Waals surface area contributed by atoms with E-state index in [1.807, 2.05) is 0 Å². The van der Waals surface area contributed by atoms with Gasteiger partial charge in [0.15, 0.2) is 17.3 Å². The molecule has 1 amide bonds. The minimum atomic E-state index is -0.384. The standard InChI is InChI=1S/C17H13N3O5/c21-16(18-11-3-5-14-15(8-11)25-10-24-14)9-20-17(22)6-4-12(19-20)13-2-1-7-23-13/h1-8H,9-10H2,(H,18,21). The average Bonchev–Trinajstić information content (AvgIpc) is 3.27. The summed E-state index contributed by atoms with van der Waals surface area (Å²) in [5.74, 6) is 1.32. The third-order valence-electron chi connectivity index (χ3n) is 3.59. The Labute approximate surface area is 141 Å². The maximum Gasteiger partial charge on any atom is 0.267 e. The van der Waals surface area contributed by atoms with Crippen LogP contribution in [-0.4, -0.2) is 22.5 Å². The van der Waals surface area contributed by atoms with Crippen LogP contribution >= 0.6 is 0 Å². The van der Waals surface area contributed by atoms with Crippen LogP contribution in [0.25, 0.3) is 11.5 Å². The number of nitrogens with zero attached hydrogens (tertiary/aromatic N) is 2. The van der Waals surface area contributed by atoms with Crippen molar-refractivity contribution in [2.45, 2.75) is 6.54 Å². The van der Waals surface area contributed by atoms with Crippen LogP contribution in [0.4, 0.5) is 5.69 Å². The summed E-state index contributed by atoms with van der Waals surface area (Å²) in [5.41, 5.74) is 0.640. The van der Waals surface area contributed by atoms with Crippen molar-refractivity contribution in [2.75, 3.05) is 12.1 Å². The number of nitrogens with one attached hydrogen (secondary N) is 1. The Kier molecular flexibility index (Phi) is 3.70. The Bertz CT molecular complexity index is 978. The first-order valence-electron chi connectivity index (χ1n) is 7.50. The van der Waals surface area contributed by atoms with Gasteiger partial charge in [-0.15, -0.1) is 0 Å². The summed E-state index contributed by atoms with van der Waals surface area (Å²) >= 11 is 0. The summed E-state index contributed by atoms with van der Waals surface area (Å²) in [6, 6.07) is 11.4. The molecule has 8 nitrogen and oxygen atoms in total. The number of anilines is 1. The molecule has 0 spiro atoms. The van der Waals surface area contributed by atoms with Crippen LogP contribution in [-0.2, 0) is 11.3 Å². The van der Waals surface area contributed by atoms with Gasteiger partial charge in [-0.3, -0.25) is 9.59 Å². The topological polar surface area (TPSA) is 95.6 Å². The predicted octanol–water partition coefficient (Wildman–Crippen LogP) is 1.87. The lowest BCUT2D eigenvalue weighted by atomic mass is 10.3. The van der Waals surface area contributed by atoms with E-state index in [4.69, 9.17) is 13.9 Å². The van der Waals surface area contributed by atoms with Gasteiger partial charge in [-0.1, -0.05) is 0 Å². The van der Waals surface area contributed by atoms with E-state index in [-0.39, 0.29) is 24.8 Å². The zero-order valence-electron chi connectivity index (χ0n) is 13.0. The number of hydrogen-bond donors (Lipinski definition) is 1. The van der Waals surface area contributed by atoms with Crippen molar-refractivity contribution in [1.29, 1.82) is 0 Å². The number of carbonyl (C=O) groups excluding carboxylic acids is 1. The van der Waals surface area contributed by atoms with Crippen LogP contribution in [0.5, 0.6) is 11.5 Å². The van der Waals surface area contributed by atoms with Gasteiger partial charge in [0.2, 0.25) is 12.7 Å². The first kappa shape index (κ1) is 15.0. The third kappa shape index (κ3) is 3.09. The van der Waals surface area contributed by atoms with Gasteiger partial charge in [0.1, 0.15) is 12.2 Å². The Morgan fingerprint density at radius 3 is 2.88 bits per heavy atom. The van der Waals surface area contributed by atoms with Crippen LogP contribution in [0, 0.1) is 0 Å². The second-order valence-corrected chi connectivity index (χ2v) is 5.31. The fraction of sp³-hybridized carbons (Fsp3) is 0.118. The number of ether oxygens (including phenoxy) is 2. The average molecular weight is 339 g/mol. The van der Waals surface area contributed by atoms with Crippen molar-refractivity contribution in [3.63, 3.8) is 0 Å². The van der Waals surface area contributed by atoms with Gasteiger partial charge < -0.3 is 19.2 Å². The fourth-order valence-electron chi connectivity index (χ4n) is 2.43. The molecule has 126 valence electrons. The number of carbonyl (C=O) groups is 1. The zero-order chi connectivity index (χ0) is 17.2. The van der Waals surface area contributed by atoms with Gasteiger partial charge in [-0.05, 0) is 30.3 Å². The molecule has 0 bridgehead atoms. The first-order valence-corrected chi connectivity index (χ1v) is 7.50. The van der Waals surface area contributed by atoms with E-state index in [9.17, 15) is 9.59 Å². The lowest BCUT2D eigenvalue weighted by Crippen LogP contribution is -2.29. The summed E-state index contributed by atoms with van der Waals surface area (Å²) in [4.78, 5) is 24.2. The normalized spacial score (nSPS) is 12.2. The largest absolute Gasteiger partial charge is 0.463 e. The molecule has 0 fully saturated rings. The van der Waals surface area contributed by atoms with E-state index in [2.05, 4.69) is 10.4 Å². The molecule has 1 aliphatic rings. The molecule has 0 saturated heterocycles. The predicted molar refractivity (Wildman–Crippen MR) is 87.4 cm³/mol. The van der Waals surface area contributed by atoms with Gasteiger partial charge in [0.25, 0.3) is 5.56 Å². The highest BCUT2D eigenvalue weighted by molar-refractivity contribution is 5.90. The molecule has 0 radical (unpaired) electrons. The number of furan rings is 1. The van der Waals surface area contributed by atoms with Gasteiger partial charge >= 0.3 is 0 Å². The van der Waals surface area contributed by atoms with Crippen LogP contribution in [0.1, 0.15) is 0 Å². The second kappa shape index (κ2) is 6.16. The molecule has 1 aromatic carbocycles. The summed E-state index contributed by atoms with van der Waals surface area (Å²) in [6.07, 6.45) is 1.51. The van der Waals surface area contributed by atoms with Crippen LogP contribution in [0.3, 0.4) is 0 Å². The Morgan fingerprint density at radius 1 is 1.16 bits per heavy atom. The summed E-state index contributed by atoms with van der Waals surface area (Å²) in [6.45, 7) is -0.0621. The minimum absolute atomic E-state index is 0.158. The maximum atomic E-state index is 12.2. The Balaban J connectivity index is 1.51. The molecule has 8 heteroatoms. The smallest absolute Gasteiger partial charge is 0.267 e. The molecule has 3 heterocycles. The number of benzene rings is 1. The maximum absolute atomic E-state index is 12.2. The van der Waals surface area contributed by atoms with Gasteiger partial charge in [0.05, 0.1) is 6.26 Å². The van der Waals surface area contributed by atoms with E-state index in [0.29, 0.717) is 28.6 Å². The van der Waals surface area contributed by atoms with E-state index in [1.165, 1.54) is 12.3 Å². The van der Waals surface area contributed by atoms with Crippen LogP contribution < -0.4 is 20.3 Å². The fourth-order valence-corrected chi connectivity index (χ4v) is 2.43. The Hall–Kier alpha value is -3.55. The van der Waals surface area contributed by atoms with Gasteiger partial charge in [-0.2, -0.15) is 5.10 Å². The van der Waals surface area contributed by atoms with Crippen molar-refractivity contribution in [3.05, 3.63) is 59.1 Å². The molecular formula is C17H13N3O5. The number of amides is 1. The van der Waals surface area contributed by atoms with Crippen molar-refractivity contribution in [2.24, 2.45) is 0 Å². The zero-order valence-corrected chi connectivity index (χ0v) is 13.0. The molecule has 0 atom stereocenters. The molecule has 2 aromatic heterocycles. The molecular weight excluding hydrogens is 326 g/mol. The summed E-state index contributed by atoms with van der Waals surface area (Å²) in [5, 5.41) is 6.86. The molecule has 0 saturated carbocycles. The van der Waals surface area contributed by atoms with Gasteiger partial charge in [-0.25, -0.2) is 4.68 Å². The van der Waals surface area contributed by atoms with E-state index >= 15 is 0 Å². The van der Waals surface area contributed by atoms with E-state index < -0.39 is 0 Å². The van der Waals surface area contributed by atoms with Crippen molar-refractivity contribution >= 4 is 11.6 Å². The van der Waals surface area contributed by atoms with Gasteiger partial charge in [0, 0.05) is 17.8 Å². The first-order chi connectivity index (χ1) is 12.2. The summed E-state index contributed by atoms with van der Waals surface area (Å²) < 4.78 is 16.8. The lowest BCUT2D eigenvalue weighted by Gasteiger charge is -2.08. The number of fused-ring (bicyclic) bond motifs is 1. The third-order valence-corrected chi connectivity index (χ3v) is 3.59. The van der Waals surface area contributed by atoms with Crippen molar-refractivity contribution < 1.29 is 18.7 Å². The van der Waals surface area contributed by atoms with Crippen LogP contribution in [0.15, 0.2) is 57.9 Å². The van der Waals surface area contributed by atoms with E-state index in [0.717, 1.165) is 4.68 Å². The Morgan fingerprint density at radius 2 is 2.04 bits per heavy atom. The molecule has 25 heavy (non-hydrogen) atoms. The molecule has 3 aromatic rings. The van der Waals surface area contributed by atoms with Crippen LogP contribution in [0.2, 0.25) is 0 Å². The quantitative estimate of drug-likeness (QED) is 0.780. The monoisotopic (exact) mass is 339 g/mol. The van der Waals surface area contributed by atoms with Crippen molar-refractivity contribution in [1.82, 2.24) is 9.78 Å². The highest BCUT2D eigenvalue weighted by Gasteiger charge is 2.15. The highest BCUT2D eigenvalue weighted by Crippen LogP contribution is 2.34. The number of hydrogen-bond acceptors (Lipinski definition) is 6. The molecule has 0 aliphatic carbocycles. The molecule has 4 rings (SSSR count). The minimum Gasteiger partial charge on any atom is -0.463 e. The molecule has 1 N–H and O–H groups in total.